The summed E-state index contributed by atoms with van der Waals surface area (Å²) in [6, 6.07) is 153. The van der Waals surface area contributed by atoms with Crippen LogP contribution in [0.25, 0.3) is 198 Å². The number of nitrogens with zero attached hydrogens (tertiary/aromatic N) is 6. The minimum Gasteiger partial charge on any atom is -0.456 e. The lowest BCUT2D eigenvalue weighted by Gasteiger charge is -2.40. The van der Waals surface area contributed by atoms with Crippen LogP contribution in [0.4, 0.5) is 0 Å². The quantitative estimate of drug-likeness (QED) is 0.138. The smallest absolute Gasteiger partial charge is 0.160 e. The summed E-state index contributed by atoms with van der Waals surface area (Å²) < 4.78 is 8.83. The highest BCUT2D eigenvalue weighted by atomic mass is 32.2. The number of thiophene rings is 1. The van der Waals surface area contributed by atoms with E-state index in [0.717, 1.165) is 133 Å². The molecule has 10 heteroatoms. The first kappa shape index (κ1) is 74.4. The van der Waals surface area contributed by atoms with E-state index in [1.807, 2.05) is 83.4 Å². The number of aromatic nitrogens is 6. The van der Waals surface area contributed by atoms with E-state index in [2.05, 4.69) is 376 Å². The van der Waals surface area contributed by atoms with Gasteiger partial charge in [0.15, 0.2) is 11.6 Å². The lowest BCUT2D eigenvalue weighted by Crippen LogP contribution is -2.32. The first-order chi connectivity index (χ1) is 64.4. The van der Waals surface area contributed by atoms with E-state index < -0.39 is 10.8 Å². The molecule has 7 nitrogen and oxygen atoms in total. The molecular weight excluding hydrogens is 1640 g/mol. The van der Waals surface area contributed by atoms with Crippen LogP contribution in [-0.2, 0) is 10.8 Å². The van der Waals surface area contributed by atoms with Crippen LogP contribution in [0.2, 0.25) is 0 Å². The van der Waals surface area contributed by atoms with Gasteiger partial charge in [-0.05, 0) is 133 Å². The number of pyridine rings is 2. The molecule has 0 radical (unpaired) electrons. The molecule has 604 valence electrons. The van der Waals surface area contributed by atoms with Crippen LogP contribution in [0.5, 0.6) is 0 Å². The number of para-hydroxylation sites is 3. The van der Waals surface area contributed by atoms with E-state index in [1.54, 1.807) is 0 Å². The Morgan fingerprint density at radius 2 is 0.585 bits per heavy atom. The van der Waals surface area contributed by atoms with E-state index in [-0.39, 0.29) is 0 Å². The van der Waals surface area contributed by atoms with E-state index in [4.69, 9.17) is 34.3 Å². The van der Waals surface area contributed by atoms with Gasteiger partial charge in [0, 0.05) is 127 Å². The molecule has 0 unspecified atom stereocenters. The molecule has 2 aliphatic heterocycles. The molecule has 2 spiro atoms. The van der Waals surface area contributed by atoms with E-state index in [0.29, 0.717) is 11.6 Å². The Kier molecular flexibility index (Phi) is 16.8. The standard InChI is InChI=1S/C60H35N3OS.C60H35N3S2/c1-2-16-36(17-3-1)59-62-50(35-51(63-59)42-24-15-30-53-55(42)43-23-7-12-29-52(43)64-53)37-18-14-19-38(34-37)57-44-32-33-48-58(56(44)41-22-6-11-28-49(41)61-57)65-54-31-13-10-27-47(54)60(48)45-25-8-4-20-39(45)40-21-5-9-26-46(40)60;1-2-16-36(17-3-1)59-62-51(35-52(63-59)44-25-15-24-42-41-22-7-12-30-53(41)64-57(42)44)37-18-14-19-38(34-37)56-45-32-33-49-58(55(45)43-23-6-11-29-50(43)61-56)65-54-31-13-10-28-48(54)60(49)46-26-8-4-20-39(46)40-21-5-9-27-47(40)60/h2*1-35H. The van der Waals surface area contributed by atoms with Gasteiger partial charge in [-0.2, -0.15) is 0 Å². The summed E-state index contributed by atoms with van der Waals surface area (Å²) in [5.41, 5.74) is 31.9. The van der Waals surface area contributed by atoms with Crippen molar-refractivity contribution in [2.75, 3.05) is 0 Å². The van der Waals surface area contributed by atoms with Crippen molar-refractivity contribution in [2.24, 2.45) is 0 Å². The number of furan rings is 1. The molecule has 28 rings (SSSR count). The lowest BCUT2D eigenvalue weighted by molar-refractivity contribution is 0.669. The van der Waals surface area contributed by atoms with Crippen LogP contribution in [0.15, 0.2) is 449 Å². The number of rotatable bonds is 8. The molecule has 4 aliphatic rings. The summed E-state index contributed by atoms with van der Waals surface area (Å²) in [5, 5.41) is 11.6. The van der Waals surface area contributed by atoms with Crippen LogP contribution in [-0.4, -0.2) is 29.9 Å². The van der Waals surface area contributed by atoms with Gasteiger partial charge >= 0.3 is 0 Å². The molecule has 6 aromatic heterocycles. The predicted molar refractivity (Wildman–Crippen MR) is 536 cm³/mol. The van der Waals surface area contributed by atoms with Gasteiger partial charge < -0.3 is 4.42 Å². The minimum atomic E-state index is -0.475. The van der Waals surface area contributed by atoms with Gasteiger partial charge in [-0.15, -0.1) is 11.3 Å². The van der Waals surface area contributed by atoms with Crippen molar-refractivity contribution in [1.82, 2.24) is 29.9 Å². The highest BCUT2D eigenvalue weighted by molar-refractivity contribution is 8.00. The number of fused-ring (bicyclic) bond motifs is 32. The van der Waals surface area contributed by atoms with Gasteiger partial charge in [-0.25, -0.2) is 29.9 Å². The first-order valence-corrected chi connectivity index (χ1v) is 46.5. The normalized spacial score (nSPS) is 13.3. The molecule has 0 atom stereocenters. The van der Waals surface area contributed by atoms with E-state index >= 15 is 0 Å². The average molecular weight is 1710 g/mol. The molecule has 24 aromatic rings. The van der Waals surface area contributed by atoms with Gasteiger partial charge in [-0.3, -0.25) is 0 Å². The molecule has 0 amide bonds. The van der Waals surface area contributed by atoms with E-state index in [9.17, 15) is 0 Å². The fraction of sp³-hybridized carbons (Fsp3) is 0.0167. The highest BCUT2D eigenvalue weighted by Gasteiger charge is 2.53. The topological polar surface area (TPSA) is 90.5 Å². The Balaban J connectivity index is 0.000000134. The molecule has 0 saturated carbocycles. The molecule has 18 aromatic carbocycles. The predicted octanol–water partition coefficient (Wildman–Crippen LogP) is 31.6. The molecule has 8 heterocycles. The zero-order valence-electron chi connectivity index (χ0n) is 69.7. The summed E-state index contributed by atoms with van der Waals surface area (Å²) in [7, 11) is 0. The molecule has 0 fully saturated rings. The Hall–Kier alpha value is -15.8. The SMILES string of the molecule is c1ccc(-c2nc(-c3cccc(-c4nc5ccccc5c5c6c(ccc45)C4(c5ccccc5S6)c5ccccc5-c5ccccc54)c3)cc(-c3cccc4c3sc3ccccc34)n2)cc1.c1ccc(-c2nc(-c3cccc(-c4nc5ccccc5c5c6c(ccc45)C4(c5ccccc5S6)c5ccccc5-c5ccccc54)c3)cc(-c3cccc4oc5ccccc5c34)n2)cc1. The molecule has 0 N–H and O–H groups in total. The van der Waals surface area contributed by atoms with Gasteiger partial charge in [0.1, 0.15) is 11.2 Å². The van der Waals surface area contributed by atoms with Crippen molar-refractivity contribution >= 4 is 120 Å². The molecule has 2 aliphatic carbocycles. The third kappa shape index (κ3) is 11.2. The second-order valence-electron chi connectivity index (χ2n) is 33.9. The van der Waals surface area contributed by atoms with Crippen molar-refractivity contribution in [3.8, 4) is 113 Å². The van der Waals surface area contributed by atoms with Crippen LogP contribution in [0, 0.1) is 0 Å². The van der Waals surface area contributed by atoms with Gasteiger partial charge in [-0.1, -0.05) is 381 Å². The lowest BCUT2D eigenvalue weighted by atomic mass is 9.67. The number of benzene rings is 18. The Labute approximate surface area is 760 Å². The average Bonchev–Trinajstić information content (AvgIpc) is 1.48. The highest BCUT2D eigenvalue weighted by Crippen LogP contribution is 2.66. The zero-order chi connectivity index (χ0) is 85.3. The largest absolute Gasteiger partial charge is 0.456 e. The maximum Gasteiger partial charge on any atom is 0.160 e. The third-order valence-corrected chi connectivity index (χ3v) is 30.7. The van der Waals surface area contributed by atoms with E-state index in [1.165, 1.54) is 117 Å². The van der Waals surface area contributed by atoms with Crippen LogP contribution < -0.4 is 0 Å². The summed E-state index contributed by atoms with van der Waals surface area (Å²) in [6.07, 6.45) is 0. The third-order valence-electron chi connectivity index (χ3n) is 27.1. The second-order valence-corrected chi connectivity index (χ2v) is 37.1. The van der Waals surface area contributed by atoms with Gasteiger partial charge in [0.05, 0.1) is 56.0 Å². The number of hydrogen-bond donors (Lipinski definition) is 0. The van der Waals surface area contributed by atoms with Gasteiger partial charge in [0.25, 0.3) is 0 Å². The molecular formula is C120H70N6OS3. The van der Waals surface area contributed by atoms with Crippen molar-refractivity contribution < 1.29 is 4.42 Å². The van der Waals surface area contributed by atoms with Crippen LogP contribution in [0.3, 0.4) is 0 Å². The minimum absolute atomic E-state index is 0.468. The van der Waals surface area contributed by atoms with Crippen molar-refractivity contribution in [3.05, 3.63) is 469 Å². The van der Waals surface area contributed by atoms with Crippen molar-refractivity contribution in [3.63, 3.8) is 0 Å². The summed E-state index contributed by atoms with van der Waals surface area (Å²) >= 11 is 5.61. The molecule has 0 bridgehead atoms. The Bertz CT molecular complexity index is 8830. The Morgan fingerprint density at radius 1 is 0.215 bits per heavy atom. The fourth-order valence-electron chi connectivity index (χ4n) is 21.6. The summed E-state index contributed by atoms with van der Waals surface area (Å²) in [6.45, 7) is 0. The van der Waals surface area contributed by atoms with Gasteiger partial charge in [0.2, 0.25) is 0 Å². The summed E-state index contributed by atoms with van der Waals surface area (Å²) in [5.74, 6) is 1.36. The van der Waals surface area contributed by atoms with Crippen molar-refractivity contribution in [1.29, 1.82) is 0 Å². The van der Waals surface area contributed by atoms with Crippen LogP contribution in [0.1, 0.15) is 44.5 Å². The maximum absolute atomic E-state index is 6.33. The fourth-order valence-corrected chi connectivity index (χ4v) is 25.5. The molecule has 0 saturated heterocycles. The zero-order valence-corrected chi connectivity index (χ0v) is 72.2. The number of hydrogen-bond acceptors (Lipinski definition) is 10. The summed E-state index contributed by atoms with van der Waals surface area (Å²) in [4.78, 5) is 37.2. The Morgan fingerprint density at radius 3 is 1.11 bits per heavy atom. The maximum atomic E-state index is 6.33. The first-order valence-electron chi connectivity index (χ1n) is 44.0. The molecule has 130 heavy (non-hydrogen) atoms. The van der Waals surface area contributed by atoms with Crippen molar-refractivity contribution in [2.45, 2.75) is 30.4 Å². The van der Waals surface area contributed by atoms with Crippen LogP contribution >= 0.6 is 34.9 Å². The second kappa shape index (κ2) is 29.4. The monoisotopic (exact) mass is 1710 g/mol.